The van der Waals surface area contributed by atoms with Crippen molar-refractivity contribution >= 4 is 30.9 Å². The molecule has 39 heavy (non-hydrogen) atoms. The van der Waals surface area contributed by atoms with E-state index in [1.54, 1.807) is 12.1 Å². The van der Waals surface area contributed by atoms with Crippen molar-refractivity contribution in [1.29, 1.82) is 0 Å². The Morgan fingerprint density at radius 3 is 2.56 bits per heavy atom. The highest BCUT2D eigenvalue weighted by Crippen LogP contribution is 2.31. The van der Waals surface area contributed by atoms with Gasteiger partial charge in [-0.1, -0.05) is 12.0 Å². The van der Waals surface area contributed by atoms with Gasteiger partial charge in [-0.3, -0.25) is 9.78 Å². The second-order valence-corrected chi connectivity index (χ2v) is 8.89. The van der Waals surface area contributed by atoms with Gasteiger partial charge in [0.15, 0.2) is 0 Å². The van der Waals surface area contributed by atoms with E-state index >= 15 is 0 Å². The molecule has 3 heterocycles. The van der Waals surface area contributed by atoms with Gasteiger partial charge in [0.05, 0.1) is 19.3 Å². The highest BCUT2D eigenvalue weighted by atomic mass is 32.1. The zero-order valence-electron chi connectivity index (χ0n) is 21.8. The number of aromatic nitrogens is 2. The number of rotatable bonds is 5. The third kappa shape index (κ3) is 7.72. The number of halogens is 3. The molecule has 0 aliphatic carbocycles. The third-order valence-electron chi connectivity index (χ3n) is 6.12. The van der Waals surface area contributed by atoms with Crippen LogP contribution in [0.1, 0.15) is 34.2 Å². The Morgan fingerprint density at radius 1 is 1.13 bits per heavy atom. The Morgan fingerprint density at radius 2 is 1.87 bits per heavy atom. The fourth-order valence-electron chi connectivity index (χ4n) is 3.89. The summed E-state index contributed by atoms with van der Waals surface area (Å²) < 4.78 is 44.6. The van der Waals surface area contributed by atoms with E-state index in [0.717, 1.165) is 34.8 Å². The van der Waals surface area contributed by atoms with E-state index in [1.807, 2.05) is 39.1 Å². The fraction of sp³-hybridized carbons (Fsp3) is 0.321. The first-order chi connectivity index (χ1) is 18.1. The Hall–Kier alpha value is -3.59. The number of nitrogens with zero attached hydrogens (tertiary/aromatic N) is 3. The topological polar surface area (TPSA) is 79.4 Å². The number of alkyl halides is 3. The van der Waals surface area contributed by atoms with Crippen LogP contribution in [0, 0.1) is 18.8 Å². The van der Waals surface area contributed by atoms with Gasteiger partial charge in [-0.05, 0) is 79.9 Å². The Balaban J connectivity index is 0.00000420. The highest BCUT2D eigenvalue weighted by molar-refractivity contribution is 7.59. The minimum absolute atomic E-state index is 0. The molecule has 2 N–H and O–H groups in total. The van der Waals surface area contributed by atoms with Crippen LogP contribution in [0.25, 0.3) is 11.1 Å². The van der Waals surface area contributed by atoms with Crippen LogP contribution in [-0.4, -0.2) is 55.3 Å². The maximum absolute atomic E-state index is 13.0. The van der Waals surface area contributed by atoms with Crippen molar-refractivity contribution in [3.63, 3.8) is 0 Å². The number of hydrogen-bond donors (Lipinski definition) is 2. The molecule has 0 bridgehead atoms. The molecule has 1 atom stereocenters. The van der Waals surface area contributed by atoms with Crippen LogP contribution in [0.15, 0.2) is 48.7 Å². The SMILES string of the molecule is CN[C@@H](C)C#Cc1cc(-c2cc(NC(=O)c3ccnc(C(F)(F)F)c3)ccc2C)cc(N2CCOCC2)n1.S. The van der Waals surface area contributed by atoms with Gasteiger partial charge in [0.25, 0.3) is 5.91 Å². The lowest BCUT2D eigenvalue weighted by Crippen LogP contribution is -2.36. The molecule has 7 nitrogen and oxygen atoms in total. The molecule has 206 valence electrons. The highest BCUT2D eigenvalue weighted by Gasteiger charge is 2.33. The number of pyridine rings is 2. The average molecular weight is 558 g/mol. The molecule has 1 fully saturated rings. The lowest BCUT2D eigenvalue weighted by atomic mass is 9.99. The van der Waals surface area contributed by atoms with Crippen molar-refractivity contribution in [2.45, 2.75) is 26.1 Å². The molecule has 3 aromatic rings. The lowest BCUT2D eigenvalue weighted by Gasteiger charge is -2.28. The number of amides is 1. The molecule has 0 unspecified atom stereocenters. The number of carbonyl (C=O) groups is 1. The third-order valence-corrected chi connectivity index (χ3v) is 6.12. The Labute approximate surface area is 232 Å². The summed E-state index contributed by atoms with van der Waals surface area (Å²) in [6, 6.07) is 11.2. The number of aryl methyl sites for hydroxylation is 1. The minimum atomic E-state index is -4.64. The molecule has 4 rings (SSSR count). The van der Waals surface area contributed by atoms with Crippen LogP contribution in [0.3, 0.4) is 0 Å². The van der Waals surface area contributed by atoms with Gasteiger partial charge < -0.3 is 20.3 Å². The molecule has 1 aliphatic rings. The summed E-state index contributed by atoms with van der Waals surface area (Å²) in [6.45, 7) is 6.53. The normalized spacial score (nSPS) is 14.1. The molecule has 1 aliphatic heterocycles. The quantitative estimate of drug-likeness (QED) is 0.446. The van der Waals surface area contributed by atoms with Crippen LogP contribution < -0.4 is 15.5 Å². The van der Waals surface area contributed by atoms with Gasteiger partial charge in [0, 0.05) is 30.5 Å². The maximum atomic E-state index is 13.0. The predicted molar refractivity (Wildman–Crippen MR) is 150 cm³/mol. The summed E-state index contributed by atoms with van der Waals surface area (Å²) in [4.78, 5) is 23.0. The number of ether oxygens (including phenoxy) is 1. The van der Waals surface area contributed by atoms with Crippen LogP contribution >= 0.6 is 13.5 Å². The Kier molecular flexibility index (Phi) is 9.97. The average Bonchev–Trinajstić information content (AvgIpc) is 2.92. The number of morpholine rings is 1. The zero-order chi connectivity index (χ0) is 27.3. The van der Waals surface area contributed by atoms with Gasteiger partial charge in [-0.15, -0.1) is 0 Å². The lowest BCUT2D eigenvalue weighted by molar-refractivity contribution is -0.141. The van der Waals surface area contributed by atoms with E-state index in [2.05, 4.69) is 32.4 Å². The van der Waals surface area contributed by atoms with Crippen LogP contribution in [0.5, 0.6) is 0 Å². The van der Waals surface area contributed by atoms with Crippen LogP contribution in [-0.2, 0) is 10.9 Å². The van der Waals surface area contributed by atoms with Crippen molar-refractivity contribution in [2.75, 3.05) is 43.6 Å². The molecule has 0 saturated carbocycles. The van der Waals surface area contributed by atoms with E-state index in [0.29, 0.717) is 37.7 Å². The molecule has 1 amide bonds. The van der Waals surface area contributed by atoms with E-state index in [4.69, 9.17) is 9.72 Å². The monoisotopic (exact) mass is 557 g/mol. The van der Waals surface area contributed by atoms with E-state index < -0.39 is 17.8 Å². The Bertz CT molecular complexity index is 1380. The van der Waals surface area contributed by atoms with Gasteiger partial charge in [0.1, 0.15) is 17.2 Å². The summed E-state index contributed by atoms with van der Waals surface area (Å²) >= 11 is 0. The fourth-order valence-corrected chi connectivity index (χ4v) is 3.89. The number of benzene rings is 1. The first-order valence-electron chi connectivity index (χ1n) is 12.1. The van der Waals surface area contributed by atoms with Crippen molar-refractivity contribution in [2.24, 2.45) is 0 Å². The summed E-state index contributed by atoms with van der Waals surface area (Å²) in [6.07, 6.45) is -3.67. The summed E-state index contributed by atoms with van der Waals surface area (Å²) in [5.41, 5.74) is 2.45. The van der Waals surface area contributed by atoms with Gasteiger partial charge >= 0.3 is 6.18 Å². The van der Waals surface area contributed by atoms with Crippen molar-refractivity contribution in [3.8, 4) is 23.0 Å². The second-order valence-electron chi connectivity index (χ2n) is 8.89. The molecule has 2 aromatic heterocycles. The van der Waals surface area contributed by atoms with Crippen LogP contribution in [0.4, 0.5) is 24.7 Å². The zero-order valence-corrected chi connectivity index (χ0v) is 22.8. The first kappa shape index (κ1) is 30.0. The van der Waals surface area contributed by atoms with Gasteiger partial charge in [0.2, 0.25) is 0 Å². The standard InChI is InChI=1S/C28H28F3N5O2.H2S/c1-18-4-6-23(35-27(37)20-8-9-33-25(15-20)28(29,30)31)17-24(18)21-14-22(7-5-19(2)32-3)34-26(16-21)36-10-12-38-13-11-36;/h4,6,8-9,14-17,19,32H,10-13H2,1-3H3,(H,35,37);1H2/t19-;/m0./s1. The summed E-state index contributed by atoms with van der Waals surface area (Å²) in [5, 5.41) is 5.79. The first-order valence-corrected chi connectivity index (χ1v) is 12.1. The van der Waals surface area contributed by atoms with E-state index in [9.17, 15) is 18.0 Å². The maximum Gasteiger partial charge on any atom is 0.433 e. The largest absolute Gasteiger partial charge is 0.433 e. The summed E-state index contributed by atoms with van der Waals surface area (Å²) in [7, 11) is 1.83. The number of hydrogen-bond acceptors (Lipinski definition) is 6. The number of carbonyl (C=O) groups excluding carboxylic acids is 1. The van der Waals surface area contributed by atoms with Crippen molar-refractivity contribution < 1.29 is 22.7 Å². The molecule has 0 radical (unpaired) electrons. The van der Waals surface area contributed by atoms with Crippen molar-refractivity contribution in [3.05, 3.63) is 71.2 Å². The molecule has 0 spiro atoms. The van der Waals surface area contributed by atoms with Crippen LogP contribution in [0.2, 0.25) is 0 Å². The second kappa shape index (κ2) is 13.0. The molecule has 11 heteroatoms. The predicted octanol–water partition coefficient (Wildman–Crippen LogP) is 4.63. The molecule has 1 saturated heterocycles. The molecule has 1 aromatic carbocycles. The molecular weight excluding hydrogens is 527 g/mol. The number of anilines is 2. The van der Waals surface area contributed by atoms with E-state index in [1.165, 1.54) is 6.07 Å². The van der Waals surface area contributed by atoms with E-state index in [-0.39, 0.29) is 25.1 Å². The smallest absolute Gasteiger partial charge is 0.378 e. The number of nitrogens with one attached hydrogen (secondary N) is 2. The summed E-state index contributed by atoms with van der Waals surface area (Å²) in [5.74, 6) is 6.39. The minimum Gasteiger partial charge on any atom is -0.378 e. The van der Waals surface area contributed by atoms with Gasteiger partial charge in [-0.2, -0.15) is 26.7 Å². The van der Waals surface area contributed by atoms with Crippen molar-refractivity contribution in [1.82, 2.24) is 15.3 Å². The van der Waals surface area contributed by atoms with Gasteiger partial charge in [-0.25, -0.2) is 4.98 Å². The molecular formula is C28H30F3N5O2S.